The van der Waals surface area contributed by atoms with Gasteiger partial charge in [0.25, 0.3) is 23.6 Å². The Balaban J connectivity index is 1.14. The molecule has 3 aromatic rings. The number of benzene rings is 2. The molecule has 4 amide bonds. The first kappa shape index (κ1) is 54.4. The van der Waals surface area contributed by atoms with Crippen LogP contribution in [0.4, 0.5) is 24.5 Å². The van der Waals surface area contributed by atoms with Gasteiger partial charge in [0, 0.05) is 78.0 Å². The normalized spacial score (nSPS) is 18.7. The number of methoxy groups -OCH3 is 2. The number of fused-ring (bicyclic) bond motifs is 4. The van der Waals surface area contributed by atoms with Crippen molar-refractivity contribution < 1.29 is 73.4 Å². The highest BCUT2D eigenvalue weighted by Crippen LogP contribution is 2.44. The molecule has 0 aliphatic carbocycles. The molecule has 0 radical (unpaired) electrons. The number of ether oxygens (including phenoxy) is 6. The largest absolute Gasteiger partial charge is 0.534 e. The lowest BCUT2D eigenvalue weighted by atomic mass is 10.1. The van der Waals surface area contributed by atoms with E-state index in [2.05, 4.69) is 43.5 Å². The number of thiophene rings is 1. The van der Waals surface area contributed by atoms with Gasteiger partial charge in [-0.3, -0.25) is 33.9 Å². The number of anilines is 2. The number of rotatable bonds is 22. The van der Waals surface area contributed by atoms with E-state index in [1.807, 2.05) is 24.4 Å². The molecular weight excluding hydrogens is 1020 g/mol. The van der Waals surface area contributed by atoms with Gasteiger partial charge in [0.2, 0.25) is 0 Å². The molecule has 7 rings (SSSR count). The minimum atomic E-state index is -6.10. The van der Waals surface area contributed by atoms with Crippen LogP contribution in [-0.4, -0.2) is 129 Å². The number of halogens is 3. The van der Waals surface area contributed by atoms with E-state index in [9.17, 15) is 40.8 Å². The molecule has 0 spiro atoms. The monoisotopic (exact) mass is 1080 g/mol. The van der Waals surface area contributed by atoms with Crippen LogP contribution >= 0.6 is 11.3 Å². The minimum Gasteiger partial charge on any atom is -0.493 e. The third kappa shape index (κ3) is 12.0. The summed E-state index contributed by atoms with van der Waals surface area (Å²) in [6, 6.07) is 9.23. The molecule has 0 fully saturated rings. The molecule has 5 heterocycles. The van der Waals surface area contributed by atoms with Crippen molar-refractivity contribution in [3.05, 3.63) is 75.9 Å². The van der Waals surface area contributed by atoms with E-state index in [1.165, 1.54) is 52.4 Å². The number of amides is 4. The van der Waals surface area contributed by atoms with Crippen LogP contribution in [0.15, 0.2) is 59.9 Å². The van der Waals surface area contributed by atoms with Crippen molar-refractivity contribution in [2.45, 2.75) is 108 Å². The van der Waals surface area contributed by atoms with Crippen LogP contribution in [0, 0.1) is 0 Å². The smallest absolute Gasteiger partial charge is 0.493 e. The van der Waals surface area contributed by atoms with Gasteiger partial charge in [0.05, 0.1) is 43.3 Å². The lowest BCUT2D eigenvalue weighted by Crippen LogP contribution is -2.45. The van der Waals surface area contributed by atoms with Crippen LogP contribution in [0.3, 0.4) is 0 Å². The molecule has 17 nitrogen and oxygen atoms in total. The number of alkyl halides is 3. The Morgan fingerprint density at radius 3 is 1.76 bits per heavy atom. The SMILES string of the molecule is CC[C@@H](CCOc1cc2c(cc1OC)C(=O)N1C=C(c3cccs3)CC1C(=O)N2COCC[Si](C)(C)C)Oc1cc2c(cc1OC)C(=O)N1C=C(OS(=O)(=O)C(F)(F)F)C[C@H]1C(=O)N2COCC[Si](C)(C)C. The van der Waals surface area contributed by atoms with E-state index >= 15 is 0 Å². The highest BCUT2D eigenvalue weighted by molar-refractivity contribution is 7.87. The summed E-state index contributed by atoms with van der Waals surface area (Å²) in [5.74, 6) is -2.26. The van der Waals surface area contributed by atoms with Crippen molar-refractivity contribution in [1.29, 1.82) is 0 Å². The highest BCUT2D eigenvalue weighted by atomic mass is 32.2. The van der Waals surface area contributed by atoms with E-state index in [0.717, 1.165) is 33.6 Å². The summed E-state index contributed by atoms with van der Waals surface area (Å²) in [7, 11) is -6.38. The van der Waals surface area contributed by atoms with Crippen molar-refractivity contribution in [3.63, 3.8) is 0 Å². The van der Waals surface area contributed by atoms with Crippen LogP contribution in [0.5, 0.6) is 23.0 Å². The molecular formula is C48H61F3N4O13S2Si2. The molecule has 2 aromatic carbocycles. The Morgan fingerprint density at radius 1 is 0.736 bits per heavy atom. The first-order valence-electron chi connectivity index (χ1n) is 23.5. The molecule has 1 unspecified atom stereocenters. The van der Waals surface area contributed by atoms with Crippen molar-refractivity contribution >= 4 is 78.2 Å². The van der Waals surface area contributed by atoms with E-state index < -0.39 is 74.0 Å². The van der Waals surface area contributed by atoms with Crippen molar-refractivity contribution in [2.24, 2.45) is 0 Å². The fourth-order valence-corrected chi connectivity index (χ4v) is 11.1. The summed E-state index contributed by atoms with van der Waals surface area (Å²) in [4.78, 5) is 63.4. The Bertz CT molecular complexity index is 2730. The molecule has 24 heteroatoms. The zero-order valence-electron chi connectivity index (χ0n) is 41.8. The van der Waals surface area contributed by atoms with Gasteiger partial charge >= 0.3 is 15.6 Å². The van der Waals surface area contributed by atoms with Crippen LogP contribution in [0.2, 0.25) is 51.4 Å². The van der Waals surface area contributed by atoms with E-state index in [0.29, 0.717) is 25.1 Å². The highest BCUT2D eigenvalue weighted by Gasteiger charge is 2.51. The maximum Gasteiger partial charge on any atom is 0.534 e. The number of hydrogen-bond donors (Lipinski definition) is 0. The average Bonchev–Trinajstić information content (AvgIpc) is 4.08. The van der Waals surface area contributed by atoms with Crippen LogP contribution in [-0.2, 0) is 33.4 Å². The molecule has 4 aliphatic heterocycles. The second-order valence-corrected chi connectivity index (χ2v) is 33.9. The maximum atomic E-state index is 14.5. The predicted octanol–water partition coefficient (Wildman–Crippen LogP) is 8.89. The molecule has 4 aliphatic rings. The molecule has 392 valence electrons. The zero-order valence-corrected chi connectivity index (χ0v) is 45.4. The van der Waals surface area contributed by atoms with Gasteiger partial charge in [-0.1, -0.05) is 52.3 Å². The summed E-state index contributed by atoms with van der Waals surface area (Å²) in [5, 5.41) is 1.95. The average molecular weight is 1080 g/mol. The van der Waals surface area contributed by atoms with Gasteiger partial charge in [0.15, 0.2) is 23.0 Å². The Hall–Kier alpha value is -5.41. The lowest BCUT2D eigenvalue weighted by Gasteiger charge is -2.27. The molecule has 72 heavy (non-hydrogen) atoms. The predicted molar refractivity (Wildman–Crippen MR) is 269 cm³/mol. The minimum absolute atomic E-state index is 0.0582. The molecule has 3 atom stereocenters. The van der Waals surface area contributed by atoms with E-state index in [1.54, 1.807) is 18.3 Å². The Kier molecular flexibility index (Phi) is 16.3. The molecule has 0 saturated carbocycles. The van der Waals surface area contributed by atoms with Gasteiger partial charge in [0.1, 0.15) is 37.4 Å². The van der Waals surface area contributed by atoms with Crippen molar-refractivity contribution in [2.75, 3.05) is 57.3 Å². The zero-order chi connectivity index (χ0) is 52.5. The van der Waals surface area contributed by atoms with Crippen molar-refractivity contribution in [3.8, 4) is 23.0 Å². The third-order valence-electron chi connectivity index (χ3n) is 12.5. The van der Waals surface area contributed by atoms with E-state index in [4.69, 9.17) is 28.4 Å². The summed E-state index contributed by atoms with van der Waals surface area (Å²) >= 11 is 1.53. The van der Waals surface area contributed by atoms with Gasteiger partial charge in [-0.2, -0.15) is 21.6 Å². The van der Waals surface area contributed by atoms with Crippen LogP contribution in [0.25, 0.3) is 5.57 Å². The molecule has 0 bridgehead atoms. The second kappa shape index (κ2) is 21.6. The third-order valence-corrected chi connectivity index (χ3v) is 17.8. The summed E-state index contributed by atoms with van der Waals surface area (Å²) in [5.41, 5.74) is -4.33. The molecule has 0 N–H and O–H groups in total. The number of hydrogen-bond acceptors (Lipinski definition) is 14. The quantitative estimate of drug-likeness (QED) is 0.0403. The Labute approximate surface area is 423 Å². The number of carbonyl (C=O) groups excluding carboxylic acids is 4. The number of carbonyl (C=O) groups is 4. The summed E-state index contributed by atoms with van der Waals surface area (Å²) in [6.07, 6.45) is 2.38. The Morgan fingerprint density at radius 2 is 1.26 bits per heavy atom. The lowest BCUT2D eigenvalue weighted by molar-refractivity contribution is -0.123. The maximum absolute atomic E-state index is 14.5. The fourth-order valence-electron chi connectivity index (χ4n) is 8.33. The van der Waals surface area contributed by atoms with E-state index in [-0.39, 0.29) is 84.7 Å². The molecule has 1 aromatic heterocycles. The van der Waals surface area contributed by atoms with Gasteiger partial charge < -0.3 is 37.5 Å². The van der Waals surface area contributed by atoms with Crippen LogP contribution < -0.4 is 28.7 Å². The molecule has 0 saturated heterocycles. The first-order valence-corrected chi connectivity index (χ1v) is 33.2. The second-order valence-electron chi connectivity index (χ2n) is 20.1. The standard InChI is InChI=1S/C48H61F3N4O13S2Si2/c1-10-31(13-14-66-41-24-35-33(22-39(41)62-2)44(56)52-26-30(43-12-11-17-69-43)20-37(52)46(58)54(35)28-64-15-18-71(4,5)6)67-42-25-36-34(23-40(42)63-3)45(57)53-27-32(68-70(60,61)48(49,50)51)21-38(53)47(59)55(36)29-65-16-19-72(7,8)9/h11-12,17,22-27,31,37-38H,10,13-16,18-21,28-29H2,1-9H3/t31-,37?,38-/m0/s1. The van der Waals surface area contributed by atoms with Gasteiger partial charge in [-0.05, 0) is 47.7 Å². The summed E-state index contributed by atoms with van der Waals surface area (Å²) < 4.78 is 104. The fraction of sp³-hybridized carbons (Fsp3) is 0.500. The first-order chi connectivity index (χ1) is 33.8. The van der Waals surface area contributed by atoms with Crippen molar-refractivity contribution in [1.82, 2.24) is 9.80 Å². The van der Waals surface area contributed by atoms with Gasteiger partial charge in [-0.15, -0.1) is 11.3 Å². The number of nitrogens with zero attached hydrogens (tertiary/aromatic N) is 4. The summed E-state index contributed by atoms with van der Waals surface area (Å²) in [6.45, 7) is 15.3. The van der Waals surface area contributed by atoms with Gasteiger partial charge in [-0.25, -0.2) is 0 Å². The topological polar surface area (TPSA) is 180 Å². The van der Waals surface area contributed by atoms with Crippen LogP contribution in [0.1, 0.15) is 58.2 Å².